The molecule has 0 saturated heterocycles. The van der Waals surface area contributed by atoms with Crippen molar-refractivity contribution < 1.29 is 9.21 Å². The van der Waals surface area contributed by atoms with Crippen LogP contribution >= 0.6 is 0 Å². The highest BCUT2D eigenvalue weighted by atomic mass is 16.3. The van der Waals surface area contributed by atoms with E-state index in [1.165, 1.54) is 0 Å². The Balaban J connectivity index is 1.84. The lowest BCUT2D eigenvalue weighted by Crippen LogP contribution is -2.31. The van der Waals surface area contributed by atoms with Crippen molar-refractivity contribution in [2.24, 2.45) is 11.8 Å². The summed E-state index contributed by atoms with van der Waals surface area (Å²) in [6, 6.07) is 3.75. The summed E-state index contributed by atoms with van der Waals surface area (Å²) in [7, 11) is 0. The second-order valence-corrected chi connectivity index (χ2v) is 4.90. The van der Waals surface area contributed by atoms with Gasteiger partial charge in [0.25, 0.3) is 0 Å². The van der Waals surface area contributed by atoms with Gasteiger partial charge in [-0.2, -0.15) is 0 Å². The molecule has 2 atom stereocenters. The average Bonchev–Trinajstić information content (AvgIpc) is 2.86. The minimum absolute atomic E-state index is 0.218. The fraction of sp³-hybridized carbons (Fsp3) is 0.400. The molecule has 0 N–H and O–H groups in total. The minimum Gasteiger partial charge on any atom is -0.465 e. The maximum Gasteiger partial charge on any atom is 0.162 e. The Morgan fingerprint density at radius 1 is 1.29 bits per heavy atom. The zero-order valence-corrected chi connectivity index (χ0v) is 9.76. The summed E-state index contributed by atoms with van der Waals surface area (Å²) < 4.78 is 5.28. The van der Waals surface area contributed by atoms with Gasteiger partial charge >= 0.3 is 0 Å². The highest BCUT2D eigenvalue weighted by Crippen LogP contribution is 2.38. The molecule has 0 amide bonds. The smallest absolute Gasteiger partial charge is 0.162 e. The third kappa shape index (κ3) is 1.99. The Morgan fingerprint density at radius 2 is 2.18 bits per heavy atom. The number of Topliss-reactive ketones (excluding diaryl/α,β-unsaturated/α-hetero) is 1. The predicted molar refractivity (Wildman–Crippen MR) is 66.3 cm³/mol. The molecular weight excluding hydrogens is 212 g/mol. The van der Waals surface area contributed by atoms with Crippen molar-refractivity contribution in [1.29, 1.82) is 0 Å². The van der Waals surface area contributed by atoms with Crippen LogP contribution in [-0.4, -0.2) is 5.78 Å². The topological polar surface area (TPSA) is 30.2 Å². The Bertz CT molecular complexity index is 465. The lowest BCUT2D eigenvalue weighted by molar-refractivity contribution is -0.122. The minimum atomic E-state index is 0.218. The van der Waals surface area contributed by atoms with Crippen LogP contribution in [0, 0.1) is 11.8 Å². The molecule has 0 radical (unpaired) electrons. The molecule has 3 rings (SSSR count). The predicted octanol–water partition coefficient (Wildman–Crippen LogP) is 3.61. The van der Waals surface area contributed by atoms with E-state index in [2.05, 4.69) is 12.2 Å². The first kappa shape index (κ1) is 10.6. The lowest BCUT2D eigenvalue weighted by atomic mass is 9.70. The van der Waals surface area contributed by atoms with Crippen LogP contribution in [-0.2, 0) is 4.79 Å². The summed E-state index contributed by atoms with van der Waals surface area (Å²) in [5.74, 6) is 1.91. The quantitative estimate of drug-likeness (QED) is 0.543. The van der Waals surface area contributed by atoms with E-state index in [0.29, 0.717) is 11.7 Å². The molecule has 2 nitrogen and oxygen atoms in total. The van der Waals surface area contributed by atoms with E-state index in [4.69, 9.17) is 4.42 Å². The van der Waals surface area contributed by atoms with Crippen molar-refractivity contribution in [3.63, 3.8) is 0 Å². The maximum atomic E-state index is 12.3. The van der Waals surface area contributed by atoms with E-state index in [9.17, 15) is 4.79 Å². The maximum absolute atomic E-state index is 12.3. The number of ketones is 1. The molecule has 0 bridgehead atoms. The molecule has 1 aromatic rings. The van der Waals surface area contributed by atoms with Crippen LogP contribution in [0.3, 0.4) is 0 Å². The number of hydrogen-bond donors (Lipinski definition) is 0. The molecule has 1 aromatic heterocycles. The van der Waals surface area contributed by atoms with Crippen LogP contribution in [0.2, 0.25) is 0 Å². The van der Waals surface area contributed by atoms with Crippen LogP contribution in [0.5, 0.6) is 0 Å². The van der Waals surface area contributed by atoms with Crippen molar-refractivity contribution in [3.8, 4) is 0 Å². The van der Waals surface area contributed by atoms with Crippen molar-refractivity contribution >= 4 is 11.9 Å². The molecule has 17 heavy (non-hydrogen) atoms. The van der Waals surface area contributed by atoms with E-state index >= 15 is 0 Å². The standard InChI is InChI=1S/C15H16O2/c16-15-12(10-13-5-3-9-17-13)8-7-11-4-1-2-6-14(11)15/h1-3,5,9-11,14H,4,6-8H2. The Hall–Kier alpha value is -1.57. The van der Waals surface area contributed by atoms with E-state index in [0.717, 1.165) is 37.0 Å². The highest BCUT2D eigenvalue weighted by molar-refractivity contribution is 6.01. The van der Waals surface area contributed by atoms with Crippen LogP contribution in [0.25, 0.3) is 6.08 Å². The van der Waals surface area contributed by atoms with Crippen molar-refractivity contribution in [2.75, 3.05) is 0 Å². The number of carbonyl (C=O) groups excluding carboxylic acids is 1. The van der Waals surface area contributed by atoms with Gasteiger partial charge in [0, 0.05) is 5.92 Å². The summed E-state index contributed by atoms with van der Waals surface area (Å²) in [4.78, 5) is 12.3. The fourth-order valence-electron chi connectivity index (χ4n) is 2.90. The SMILES string of the molecule is O=C1C(=Cc2ccco2)CCC2CC=CCC12. The molecule has 2 aliphatic rings. The third-order valence-electron chi connectivity index (χ3n) is 3.86. The summed E-state index contributed by atoms with van der Waals surface area (Å²) in [5, 5.41) is 0. The monoisotopic (exact) mass is 228 g/mol. The van der Waals surface area contributed by atoms with Gasteiger partial charge in [-0.3, -0.25) is 4.79 Å². The first-order valence-electron chi connectivity index (χ1n) is 6.28. The van der Waals surface area contributed by atoms with Crippen molar-refractivity contribution in [1.82, 2.24) is 0 Å². The average molecular weight is 228 g/mol. The van der Waals surface area contributed by atoms with Crippen LogP contribution < -0.4 is 0 Å². The van der Waals surface area contributed by atoms with Gasteiger partial charge in [-0.1, -0.05) is 12.2 Å². The van der Waals surface area contributed by atoms with Gasteiger partial charge in [0.2, 0.25) is 0 Å². The summed E-state index contributed by atoms with van der Waals surface area (Å²) in [6.07, 6.45) is 11.9. The van der Waals surface area contributed by atoms with Crippen LogP contribution in [0.1, 0.15) is 31.4 Å². The molecule has 0 aliphatic heterocycles. The van der Waals surface area contributed by atoms with E-state index in [1.54, 1.807) is 6.26 Å². The number of furan rings is 1. The molecule has 1 saturated carbocycles. The molecule has 0 spiro atoms. The van der Waals surface area contributed by atoms with Crippen molar-refractivity contribution in [2.45, 2.75) is 25.7 Å². The molecule has 2 aliphatic carbocycles. The summed E-state index contributed by atoms with van der Waals surface area (Å²) in [5.41, 5.74) is 0.941. The van der Waals surface area contributed by atoms with E-state index in [1.807, 2.05) is 18.2 Å². The Morgan fingerprint density at radius 3 is 3.00 bits per heavy atom. The van der Waals surface area contributed by atoms with Gasteiger partial charge in [0.1, 0.15) is 5.76 Å². The molecule has 2 unspecified atom stereocenters. The first-order chi connectivity index (χ1) is 8.34. The van der Waals surface area contributed by atoms with Gasteiger partial charge in [-0.25, -0.2) is 0 Å². The van der Waals surface area contributed by atoms with Crippen LogP contribution in [0.15, 0.2) is 40.5 Å². The second kappa shape index (κ2) is 4.36. The number of hydrogen-bond acceptors (Lipinski definition) is 2. The Labute approximate surface area is 101 Å². The van der Waals surface area contributed by atoms with E-state index < -0.39 is 0 Å². The molecule has 1 heterocycles. The van der Waals surface area contributed by atoms with Gasteiger partial charge in [-0.05, 0) is 55.4 Å². The zero-order valence-electron chi connectivity index (χ0n) is 9.76. The highest BCUT2D eigenvalue weighted by Gasteiger charge is 2.34. The number of allylic oxidation sites excluding steroid dienone is 3. The molecule has 0 aromatic carbocycles. The number of carbonyl (C=O) groups is 1. The number of fused-ring (bicyclic) bond motifs is 1. The molecule has 1 fully saturated rings. The van der Waals surface area contributed by atoms with Gasteiger partial charge in [0.15, 0.2) is 5.78 Å². The first-order valence-corrected chi connectivity index (χ1v) is 6.28. The Kier molecular flexibility index (Phi) is 2.71. The third-order valence-corrected chi connectivity index (χ3v) is 3.86. The van der Waals surface area contributed by atoms with Crippen LogP contribution in [0.4, 0.5) is 0 Å². The largest absolute Gasteiger partial charge is 0.465 e. The fourth-order valence-corrected chi connectivity index (χ4v) is 2.90. The second-order valence-electron chi connectivity index (χ2n) is 4.90. The molecule has 2 heteroatoms. The van der Waals surface area contributed by atoms with Crippen molar-refractivity contribution in [3.05, 3.63) is 41.9 Å². The molecule has 88 valence electrons. The summed E-state index contributed by atoms with van der Waals surface area (Å²) >= 11 is 0. The van der Waals surface area contributed by atoms with E-state index in [-0.39, 0.29) is 5.92 Å². The molecular formula is C15H16O2. The number of rotatable bonds is 1. The zero-order chi connectivity index (χ0) is 11.7. The van der Waals surface area contributed by atoms with Gasteiger partial charge in [0.05, 0.1) is 6.26 Å². The summed E-state index contributed by atoms with van der Waals surface area (Å²) in [6.45, 7) is 0. The normalized spacial score (nSPS) is 30.6. The van der Waals surface area contributed by atoms with Gasteiger partial charge in [-0.15, -0.1) is 0 Å². The lowest BCUT2D eigenvalue weighted by Gasteiger charge is -2.32. The van der Waals surface area contributed by atoms with Gasteiger partial charge < -0.3 is 4.42 Å².